The molecule has 1 aromatic carbocycles. The molecule has 0 spiro atoms. The molecule has 0 radical (unpaired) electrons. The summed E-state index contributed by atoms with van der Waals surface area (Å²) in [6, 6.07) is 4.70. The number of nitrogens with zero attached hydrogens (tertiary/aromatic N) is 2. The van der Waals surface area contributed by atoms with Crippen molar-refractivity contribution in [2.24, 2.45) is 22.7 Å². The first-order valence-corrected chi connectivity index (χ1v) is 8.69. The van der Waals surface area contributed by atoms with Crippen molar-refractivity contribution in [3.63, 3.8) is 0 Å². The van der Waals surface area contributed by atoms with Gasteiger partial charge in [0, 0.05) is 6.42 Å². The highest BCUT2D eigenvalue weighted by molar-refractivity contribution is 6.38. The molecule has 3 rings (SSSR count). The molecule has 6 nitrogen and oxygen atoms in total. The number of halogens is 1. The molecule has 0 saturated heterocycles. The van der Waals surface area contributed by atoms with Crippen LogP contribution in [0.1, 0.15) is 26.2 Å². The van der Waals surface area contributed by atoms with Crippen LogP contribution in [0.4, 0.5) is 10.1 Å². The lowest BCUT2D eigenvalue weighted by molar-refractivity contribution is -0.137. The minimum absolute atomic E-state index is 0.0751. The van der Waals surface area contributed by atoms with Crippen molar-refractivity contribution < 1.29 is 18.7 Å². The maximum Gasteiger partial charge on any atom is 0.354 e. The van der Waals surface area contributed by atoms with Crippen LogP contribution >= 0.6 is 0 Å². The lowest BCUT2D eigenvalue weighted by atomic mass is 9.85. The first-order valence-electron chi connectivity index (χ1n) is 8.69. The monoisotopic (exact) mass is 359 g/mol. The zero-order valence-electron chi connectivity index (χ0n) is 14.6. The van der Waals surface area contributed by atoms with Crippen LogP contribution in [0.3, 0.4) is 0 Å². The van der Waals surface area contributed by atoms with Gasteiger partial charge in [-0.25, -0.2) is 9.18 Å². The summed E-state index contributed by atoms with van der Waals surface area (Å²) in [4.78, 5) is 24.1. The Morgan fingerprint density at radius 3 is 2.62 bits per heavy atom. The number of rotatable bonds is 5. The number of ether oxygens (including phenoxy) is 1. The first-order chi connectivity index (χ1) is 12.5. The number of amides is 1. The van der Waals surface area contributed by atoms with Crippen molar-refractivity contribution in [1.82, 2.24) is 0 Å². The number of hydrogen-bond acceptors (Lipinski definition) is 5. The fourth-order valence-electron chi connectivity index (χ4n) is 3.19. The average Bonchev–Trinajstić information content (AvgIpc) is 3.07. The van der Waals surface area contributed by atoms with E-state index in [9.17, 15) is 14.0 Å². The van der Waals surface area contributed by atoms with E-state index in [-0.39, 0.29) is 18.1 Å². The summed E-state index contributed by atoms with van der Waals surface area (Å²) in [7, 11) is 0. The Balaban J connectivity index is 1.69. The molecule has 0 bridgehead atoms. The maximum absolute atomic E-state index is 13.1. The van der Waals surface area contributed by atoms with Gasteiger partial charge in [-0.1, -0.05) is 19.1 Å². The topological polar surface area (TPSA) is 85.0 Å². The number of anilines is 1. The second kappa shape index (κ2) is 7.68. The Morgan fingerprint density at radius 2 is 1.96 bits per heavy atom. The smallest absolute Gasteiger partial charge is 0.354 e. The van der Waals surface area contributed by atoms with E-state index in [0.717, 1.165) is 12.8 Å². The minimum Gasteiger partial charge on any atom is -0.461 e. The molecule has 0 saturated carbocycles. The van der Waals surface area contributed by atoms with Crippen molar-refractivity contribution in [3.8, 4) is 0 Å². The van der Waals surface area contributed by atoms with E-state index in [1.165, 1.54) is 29.3 Å². The van der Waals surface area contributed by atoms with Gasteiger partial charge in [0.15, 0.2) is 0 Å². The highest BCUT2D eigenvalue weighted by atomic mass is 19.1. The van der Waals surface area contributed by atoms with E-state index in [1.807, 2.05) is 0 Å². The predicted octanol–water partition coefficient (Wildman–Crippen LogP) is 2.39. The van der Waals surface area contributed by atoms with Crippen molar-refractivity contribution in [2.75, 3.05) is 11.6 Å². The number of nitrogens with two attached hydrogens (primary N) is 1. The Kier molecular flexibility index (Phi) is 5.35. The molecule has 0 aromatic heterocycles. The van der Waals surface area contributed by atoms with Crippen molar-refractivity contribution in [1.29, 1.82) is 0 Å². The highest BCUT2D eigenvalue weighted by Gasteiger charge is 2.36. The van der Waals surface area contributed by atoms with Crippen LogP contribution < -0.4 is 10.7 Å². The Morgan fingerprint density at radius 1 is 1.27 bits per heavy atom. The van der Waals surface area contributed by atoms with Crippen LogP contribution in [-0.2, 0) is 14.3 Å². The zero-order valence-corrected chi connectivity index (χ0v) is 14.6. The van der Waals surface area contributed by atoms with Crippen molar-refractivity contribution >= 4 is 23.3 Å². The Labute approximate surface area is 151 Å². The predicted molar refractivity (Wildman–Crippen MR) is 95.9 cm³/mol. The van der Waals surface area contributed by atoms with Gasteiger partial charge in [0.25, 0.3) is 0 Å². The van der Waals surface area contributed by atoms with E-state index < -0.39 is 23.7 Å². The summed E-state index contributed by atoms with van der Waals surface area (Å²) in [5, 5.41) is 5.56. The normalized spacial score (nSPS) is 25.1. The van der Waals surface area contributed by atoms with Crippen LogP contribution in [0.15, 0.2) is 41.5 Å². The van der Waals surface area contributed by atoms with Crippen LogP contribution in [0.5, 0.6) is 0 Å². The first kappa shape index (κ1) is 18.1. The SMILES string of the molecule is CC1CC=CCC1COC(=O)C1=NN(c2ccc(F)cc2)C(C(N)=O)C1. The largest absolute Gasteiger partial charge is 0.461 e. The third-order valence-corrected chi connectivity index (χ3v) is 4.91. The molecule has 0 fully saturated rings. The number of hydrazone groups is 1. The summed E-state index contributed by atoms with van der Waals surface area (Å²) in [5.74, 6) is -0.809. The molecule has 2 N–H and O–H groups in total. The maximum atomic E-state index is 13.1. The summed E-state index contributed by atoms with van der Waals surface area (Å²) < 4.78 is 18.5. The average molecular weight is 359 g/mol. The lowest BCUT2D eigenvalue weighted by Crippen LogP contribution is -2.39. The number of benzene rings is 1. The Bertz CT molecular complexity index is 745. The molecule has 1 aliphatic carbocycles. The number of hydrogen-bond donors (Lipinski definition) is 1. The van der Waals surface area contributed by atoms with Gasteiger partial charge >= 0.3 is 5.97 Å². The zero-order chi connectivity index (χ0) is 18.7. The third kappa shape index (κ3) is 3.92. The van der Waals surface area contributed by atoms with E-state index in [2.05, 4.69) is 24.2 Å². The summed E-state index contributed by atoms with van der Waals surface area (Å²) in [5.41, 5.74) is 6.08. The van der Waals surface area contributed by atoms with Crippen molar-refractivity contribution in [3.05, 3.63) is 42.2 Å². The molecule has 1 aromatic rings. The van der Waals surface area contributed by atoms with Gasteiger partial charge in [0.1, 0.15) is 17.6 Å². The molecular weight excluding hydrogens is 337 g/mol. The molecule has 1 aliphatic heterocycles. The molecule has 1 heterocycles. The number of esters is 1. The highest BCUT2D eigenvalue weighted by Crippen LogP contribution is 2.27. The summed E-state index contributed by atoms with van der Waals surface area (Å²) in [6.45, 7) is 2.45. The van der Waals surface area contributed by atoms with E-state index >= 15 is 0 Å². The van der Waals surface area contributed by atoms with Crippen LogP contribution in [0, 0.1) is 17.7 Å². The molecule has 3 atom stereocenters. The van der Waals surface area contributed by atoms with Gasteiger partial charge in [-0.3, -0.25) is 9.80 Å². The molecule has 1 amide bonds. The number of primary amides is 1. The van der Waals surface area contributed by atoms with Crippen molar-refractivity contribution in [2.45, 2.75) is 32.2 Å². The number of carbonyl (C=O) groups excluding carboxylic acids is 2. The fourth-order valence-corrected chi connectivity index (χ4v) is 3.19. The lowest BCUT2D eigenvalue weighted by Gasteiger charge is -2.24. The van der Waals surface area contributed by atoms with E-state index in [4.69, 9.17) is 10.5 Å². The number of carbonyl (C=O) groups is 2. The van der Waals surface area contributed by atoms with E-state index in [1.54, 1.807) is 0 Å². The molecule has 26 heavy (non-hydrogen) atoms. The van der Waals surface area contributed by atoms with Gasteiger partial charge in [0.2, 0.25) is 5.91 Å². The second-order valence-corrected chi connectivity index (χ2v) is 6.77. The summed E-state index contributed by atoms with van der Waals surface area (Å²) >= 11 is 0. The second-order valence-electron chi connectivity index (χ2n) is 6.77. The third-order valence-electron chi connectivity index (χ3n) is 4.91. The Hall–Kier alpha value is -2.70. The van der Waals surface area contributed by atoms with Gasteiger partial charge in [0.05, 0.1) is 12.3 Å². The van der Waals surface area contributed by atoms with Gasteiger partial charge in [-0.2, -0.15) is 5.10 Å². The molecule has 7 heteroatoms. The minimum atomic E-state index is -0.792. The summed E-state index contributed by atoms with van der Waals surface area (Å²) in [6.07, 6.45) is 6.18. The molecule has 2 aliphatic rings. The van der Waals surface area contributed by atoms with E-state index in [0.29, 0.717) is 18.2 Å². The van der Waals surface area contributed by atoms with Crippen LogP contribution in [-0.4, -0.2) is 30.2 Å². The quantitative estimate of drug-likeness (QED) is 0.646. The number of allylic oxidation sites excluding steroid dienone is 2. The molecule has 3 unspecified atom stereocenters. The van der Waals surface area contributed by atoms with Gasteiger partial charge in [-0.05, 0) is 48.9 Å². The molecule has 138 valence electrons. The van der Waals surface area contributed by atoms with Crippen LogP contribution in [0.25, 0.3) is 0 Å². The van der Waals surface area contributed by atoms with Crippen LogP contribution in [0.2, 0.25) is 0 Å². The van der Waals surface area contributed by atoms with Gasteiger partial charge < -0.3 is 10.5 Å². The standard InChI is InChI=1S/C19H22FN3O3/c1-12-4-2-3-5-13(12)11-26-19(25)16-10-17(18(21)24)23(22-16)15-8-6-14(20)7-9-15/h2-3,6-9,12-13,17H,4-5,10-11H2,1H3,(H2,21,24). The molecular formula is C19H22FN3O3. The fraction of sp³-hybridized carbons (Fsp3) is 0.421. The van der Waals surface area contributed by atoms with Gasteiger partial charge in [-0.15, -0.1) is 0 Å².